The number of furan rings is 1. The molecule has 2 heterocycles. The molecule has 1 unspecified atom stereocenters. The molecule has 3 aromatic rings. The van der Waals surface area contributed by atoms with Crippen LogP contribution in [0.1, 0.15) is 55.2 Å². The summed E-state index contributed by atoms with van der Waals surface area (Å²) in [4.78, 5) is 27.2. The SMILES string of the molecule is CCOc1ccc(/C(O)=C2/C(=O)C(=O)N(c3cccc(C(F)(F)F)c3)C2c2ccco2)cc1C(C)C. The van der Waals surface area contributed by atoms with Gasteiger partial charge >= 0.3 is 6.18 Å². The van der Waals surface area contributed by atoms with Gasteiger partial charge in [0.05, 0.1) is 24.0 Å². The quantitative estimate of drug-likeness (QED) is 0.240. The maximum absolute atomic E-state index is 13.4. The molecule has 0 bridgehead atoms. The number of anilines is 1. The van der Waals surface area contributed by atoms with Crippen molar-refractivity contribution in [2.24, 2.45) is 0 Å². The largest absolute Gasteiger partial charge is 0.507 e. The van der Waals surface area contributed by atoms with Crippen molar-refractivity contribution in [3.05, 3.63) is 88.9 Å². The number of Topliss-reactive ketones (excluding diaryl/α,β-unsaturated/α-hetero) is 1. The highest BCUT2D eigenvalue weighted by atomic mass is 19.4. The fraction of sp³-hybridized carbons (Fsp3) is 0.259. The molecule has 9 heteroatoms. The van der Waals surface area contributed by atoms with Crippen molar-refractivity contribution in [3.63, 3.8) is 0 Å². The van der Waals surface area contributed by atoms with Crippen LogP contribution in [0.5, 0.6) is 5.75 Å². The van der Waals surface area contributed by atoms with Crippen molar-refractivity contribution in [1.29, 1.82) is 0 Å². The van der Waals surface area contributed by atoms with Crippen molar-refractivity contribution < 1.29 is 37.0 Å². The first-order chi connectivity index (χ1) is 17.0. The molecule has 1 aromatic heterocycles. The third-order valence-corrected chi connectivity index (χ3v) is 5.91. The first kappa shape index (κ1) is 25.1. The van der Waals surface area contributed by atoms with Crippen molar-refractivity contribution >= 4 is 23.1 Å². The van der Waals surface area contributed by atoms with E-state index >= 15 is 0 Å². The highest BCUT2D eigenvalue weighted by Crippen LogP contribution is 2.44. The zero-order valence-corrected chi connectivity index (χ0v) is 19.8. The highest BCUT2D eigenvalue weighted by Gasteiger charge is 2.48. The lowest BCUT2D eigenvalue weighted by atomic mass is 9.95. The van der Waals surface area contributed by atoms with Crippen LogP contribution in [0.4, 0.5) is 18.9 Å². The Morgan fingerprint density at radius 3 is 2.47 bits per heavy atom. The minimum Gasteiger partial charge on any atom is -0.507 e. The van der Waals surface area contributed by atoms with Crippen LogP contribution in [0.2, 0.25) is 0 Å². The monoisotopic (exact) mass is 499 g/mol. The van der Waals surface area contributed by atoms with E-state index < -0.39 is 35.2 Å². The maximum atomic E-state index is 13.4. The Hall–Kier alpha value is -4.01. The molecule has 36 heavy (non-hydrogen) atoms. The summed E-state index contributed by atoms with van der Waals surface area (Å²) in [5, 5.41) is 11.3. The van der Waals surface area contributed by atoms with E-state index in [0.29, 0.717) is 12.4 Å². The molecule has 1 saturated heterocycles. The molecule has 0 saturated carbocycles. The molecule has 0 spiro atoms. The fourth-order valence-corrected chi connectivity index (χ4v) is 4.24. The van der Waals surface area contributed by atoms with E-state index in [1.165, 1.54) is 24.5 Å². The normalized spacial score (nSPS) is 17.8. The van der Waals surface area contributed by atoms with E-state index in [1.807, 2.05) is 20.8 Å². The third-order valence-electron chi connectivity index (χ3n) is 5.91. The van der Waals surface area contributed by atoms with Crippen LogP contribution in [0.3, 0.4) is 0 Å². The van der Waals surface area contributed by atoms with E-state index in [2.05, 4.69) is 0 Å². The lowest BCUT2D eigenvalue weighted by Gasteiger charge is -2.24. The molecule has 188 valence electrons. The summed E-state index contributed by atoms with van der Waals surface area (Å²) in [6.07, 6.45) is -3.34. The number of carbonyl (C=O) groups excluding carboxylic acids is 2. The van der Waals surface area contributed by atoms with Gasteiger partial charge in [-0.2, -0.15) is 13.2 Å². The Kier molecular flexibility index (Phi) is 6.67. The van der Waals surface area contributed by atoms with E-state index in [-0.39, 0.29) is 28.5 Å². The number of aliphatic hydroxyl groups is 1. The molecule has 1 aliphatic rings. The van der Waals surface area contributed by atoms with Crippen LogP contribution < -0.4 is 9.64 Å². The minimum atomic E-state index is -4.65. The van der Waals surface area contributed by atoms with Gasteiger partial charge in [-0.1, -0.05) is 19.9 Å². The second kappa shape index (κ2) is 9.56. The van der Waals surface area contributed by atoms with Crippen LogP contribution in [0, 0.1) is 0 Å². The number of amides is 1. The number of rotatable bonds is 6. The molecule has 4 rings (SSSR count). The number of ketones is 1. The van der Waals surface area contributed by atoms with E-state index in [4.69, 9.17) is 9.15 Å². The van der Waals surface area contributed by atoms with Crippen molar-refractivity contribution in [1.82, 2.24) is 0 Å². The summed E-state index contributed by atoms with van der Waals surface area (Å²) in [6, 6.07) is 10.7. The molecule has 0 aliphatic carbocycles. The molecule has 1 atom stereocenters. The predicted octanol–water partition coefficient (Wildman–Crippen LogP) is 6.45. The van der Waals surface area contributed by atoms with Gasteiger partial charge in [0, 0.05) is 11.3 Å². The molecule has 1 amide bonds. The zero-order valence-electron chi connectivity index (χ0n) is 19.8. The highest BCUT2D eigenvalue weighted by molar-refractivity contribution is 6.51. The van der Waals surface area contributed by atoms with Gasteiger partial charge in [0.15, 0.2) is 0 Å². The number of ether oxygens (including phenoxy) is 1. The summed E-state index contributed by atoms with van der Waals surface area (Å²) in [5.74, 6) is -1.82. The van der Waals surface area contributed by atoms with Gasteiger partial charge in [-0.15, -0.1) is 0 Å². The lowest BCUT2D eigenvalue weighted by molar-refractivity contribution is -0.137. The Bertz CT molecular complexity index is 1330. The van der Waals surface area contributed by atoms with Gasteiger partial charge in [-0.05, 0) is 66.9 Å². The van der Waals surface area contributed by atoms with Gasteiger partial charge in [0.1, 0.15) is 23.3 Å². The van der Waals surface area contributed by atoms with Gasteiger partial charge in [0.2, 0.25) is 0 Å². The van der Waals surface area contributed by atoms with Crippen LogP contribution in [0.15, 0.2) is 70.9 Å². The molecular weight excluding hydrogens is 475 g/mol. The Balaban J connectivity index is 1.90. The van der Waals surface area contributed by atoms with E-state index in [1.54, 1.807) is 18.2 Å². The van der Waals surface area contributed by atoms with Gasteiger partial charge in [0.25, 0.3) is 11.7 Å². The molecular formula is C27H24F3NO5. The smallest absolute Gasteiger partial charge is 0.416 e. The average molecular weight is 499 g/mol. The number of alkyl halides is 3. The molecule has 1 N–H and O–H groups in total. The lowest BCUT2D eigenvalue weighted by Crippen LogP contribution is -2.29. The van der Waals surface area contributed by atoms with Crippen LogP contribution in [0.25, 0.3) is 5.76 Å². The number of hydrogen-bond acceptors (Lipinski definition) is 5. The van der Waals surface area contributed by atoms with E-state index in [9.17, 15) is 27.9 Å². The van der Waals surface area contributed by atoms with Gasteiger partial charge in [-0.25, -0.2) is 0 Å². The first-order valence-electron chi connectivity index (χ1n) is 11.3. The Morgan fingerprint density at radius 1 is 1.11 bits per heavy atom. The minimum absolute atomic E-state index is 0.0210. The van der Waals surface area contributed by atoms with Gasteiger partial charge in [-0.3, -0.25) is 14.5 Å². The summed E-state index contributed by atoms with van der Waals surface area (Å²) < 4.78 is 51.2. The molecule has 6 nitrogen and oxygen atoms in total. The van der Waals surface area contributed by atoms with Crippen LogP contribution >= 0.6 is 0 Å². The van der Waals surface area contributed by atoms with Crippen molar-refractivity contribution in [2.75, 3.05) is 11.5 Å². The number of halogens is 3. The summed E-state index contributed by atoms with van der Waals surface area (Å²) in [6.45, 7) is 6.16. The predicted molar refractivity (Wildman–Crippen MR) is 127 cm³/mol. The number of carbonyl (C=O) groups is 2. The van der Waals surface area contributed by atoms with Crippen LogP contribution in [-0.4, -0.2) is 23.4 Å². The first-order valence-corrected chi connectivity index (χ1v) is 11.3. The number of benzene rings is 2. The standard InChI is InChI=1S/C27H24F3NO5/c1-4-35-20-11-10-16(13-19(20)15(2)3)24(32)22-23(21-9-6-12-36-21)31(26(34)25(22)33)18-8-5-7-17(14-18)27(28,29)30/h5-15,23,32H,4H2,1-3H3/b24-22-. The van der Waals surface area contributed by atoms with E-state index in [0.717, 1.165) is 28.7 Å². The topological polar surface area (TPSA) is 80.0 Å². The summed E-state index contributed by atoms with van der Waals surface area (Å²) >= 11 is 0. The van der Waals surface area contributed by atoms with Crippen molar-refractivity contribution in [2.45, 2.75) is 38.9 Å². The van der Waals surface area contributed by atoms with Crippen LogP contribution in [-0.2, 0) is 15.8 Å². The molecule has 0 radical (unpaired) electrons. The summed E-state index contributed by atoms with van der Waals surface area (Å²) in [7, 11) is 0. The fourth-order valence-electron chi connectivity index (χ4n) is 4.24. The Morgan fingerprint density at radius 2 is 1.86 bits per heavy atom. The second-order valence-electron chi connectivity index (χ2n) is 8.57. The zero-order chi connectivity index (χ0) is 26.2. The number of nitrogens with zero attached hydrogens (tertiary/aromatic N) is 1. The maximum Gasteiger partial charge on any atom is 0.416 e. The number of hydrogen-bond donors (Lipinski definition) is 1. The van der Waals surface area contributed by atoms with Crippen molar-refractivity contribution in [3.8, 4) is 5.75 Å². The Labute approximate surface area is 205 Å². The summed E-state index contributed by atoms with van der Waals surface area (Å²) in [5.41, 5.74) is -0.371. The third kappa shape index (κ3) is 4.48. The molecule has 1 aliphatic heterocycles. The molecule has 2 aromatic carbocycles. The van der Waals surface area contributed by atoms with Gasteiger partial charge < -0.3 is 14.3 Å². The second-order valence-corrected chi connectivity index (χ2v) is 8.57. The molecule has 1 fully saturated rings. The average Bonchev–Trinajstić information content (AvgIpc) is 3.45. The number of aliphatic hydroxyl groups excluding tert-OH is 1.